The van der Waals surface area contributed by atoms with Crippen molar-refractivity contribution in [2.75, 3.05) is 19.1 Å². The van der Waals surface area contributed by atoms with Crippen LogP contribution in [-0.2, 0) is 16.0 Å². The van der Waals surface area contributed by atoms with Crippen LogP contribution in [-0.4, -0.2) is 31.4 Å². The summed E-state index contributed by atoms with van der Waals surface area (Å²) in [4.78, 5) is 29.3. The number of ketones is 1. The van der Waals surface area contributed by atoms with Crippen molar-refractivity contribution in [3.63, 3.8) is 0 Å². The Morgan fingerprint density at radius 2 is 1.85 bits per heavy atom. The van der Waals surface area contributed by atoms with E-state index >= 15 is 0 Å². The number of para-hydroxylation sites is 1. The normalized spacial score (nSPS) is 19.0. The average Bonchev–Trinajstić information content (AvgIpc) is 2.95. The molecule has 0 aliphatic carbocycles. The summed E-state index contributed by atoms with van der Waals surface area (Å²) in [7, 11) is 3.19. The third-order valence-electron chi connectivity index (χ3n) is 6.60. The Bertz CT molecular complexity index is 1130. The summed E-state index contributed by atoms with van der Waals surface area (Å²) >= 11 is 0. The number of nitrogens with one attached hydrogen (secondary N) is 1. The average molecular weight is 463 g/mol. The molecular formula is C28H34N2O4. The lowest BCUT2D eigenvalue weighted by Crippen LogP contribution is -2.48. The molecule has 1 atom stereocenters. The van der Waals surface area contributed by atoms with Crippen molar-refractivity contribution in [3.05, 3.63) is 64.9 Å². The van der Waals surface area contributed by atoms with E-state index in [0.29, 0.717) is 36.3 Å². The number of hydrogen-bond donors (Lipinski definition) is 1. The number of Topliss-reactive ketones (excluding diaryl/α,β-unsaturated/α-hetero) is 1. The molecule has 2 aliphatic heterocycles. The number of fused-ring (bicyclic) bond motifs is 1. The fourth-order valence-corrected chi connectivity index (χ4v) is 5.06. The van der Waals surface area contributed by atoms with Crippen molar-refractivity contribution >= 4 is 17.4 Å². The summed E-state index contributed by atoms with van der Waals surface area (Å²) in [6.45, 7) is 6.16. The fraction of sp³-hybridized carbons (Fsp3) is 0.429. The Morgan fingerprint density at radius 3 is 2.56 bits per heavy atom. The first-order valence-electron chi connectivity index (χ1n) is 12.0. The van der Waals surface area contributed by atoms with Crippen LogP contribution in [0.25, 0.3) is 0 Å². The molecule has 2 aliphatic rings. The van der Waals surface area contributed by atoms with Crippen molar-refractivity contribution in [3.8, 4) is 11.5 Å². The second kappa shape index (κ2) is 9.53. The number of ether oxygens (including phenoxy) is 2. The van der Waals surface area contributed by atoms with Gasteiger partial charge in [0.25, 0.3) is 0 Å². The first kappa shape index (κ1) is 23.9. The van der Waals surface area contributed by atoms with Gasteiger partial charge in [0.2, 0.25) is 5.91 Å². The highest BCUT2D eigenvalue weighted by Gasteiger charge is 2.42. The maximum atomic E-state index is 13.8. The van der Waals surface area contributed by atoms with Crippen LogP contribution in [0.2, 0.25) is 0 Å². The zero-order chi connectivity index (χ0) is 24.5. The number of methoxy groups -OCH3 is 2. The number of amides is 1. The van der Waals surface area contributed by atoms with E-state index in [1.165, 1.54) is 0 Å². The molecule has 2 aromatic rings. The molecule has 1 amide bonds. The lowest BCUT2D eigenvalue weighted by atomic mass is 9.82. The molecule has 0 fully saturated rings. The highest BCUT2D eigenvalue weighted by molar-refractivity contribution is 6.04. The predicted octanol–water partition coefficient (Wildman–Crippen LogP) is 5.12. The summed E-state index contributed by atoms with van der Waals surface area (Å²) in [5.74, 6) is 1.25. The SMILES string of the molecule is CCCCC(=O)N1c2ccccc2CC2=C(C(=O)CC(C)(C)N2)C1c1ccc(OC)c(OC)c1. The Hall–Kier alpha value is -3.28. The van der Waals surface area contributed by atoms with E-state index in [0.717, 1.165) is 35.4 Å². The molecule has 0 aromatic heterocycles. The quantitative estimate of drug-likeness (QED) is 0.645. The van der Waals surface area contributed by atoms with Crippen molar-refractivity contribution in [1.82, 2.24) is 5.32 Å². The van der Waals surface area contributed by atoms with Crippen LogP contribution in [0, 0.1) is 0 Å². The van der Waals surface area contributed by atoms with Crippen LogP contribution in [0.4, 0.5) is 5.69 Å². The highest BCUT2D eigenvalue weighted by Crippen LogP contribution is 2.45. The van der Waals surface area contributed by atoms with Gasteiger partial charge in [-0.05, 0) is 49.6 Å². The smallest absolute Gasteiger partial charge is 0.227 e. The minimum Gasteiger partial charge on any atom is -0.493 e. The predicted molar refractivity (Wildman–Crippen MR) is 133 cm³/mol. The number of unbranched alkanes of at least 4 members (excludes halogenated alkanes) is 1. The third-order valence-corrected chi connectivity index (χ3v) is 6.60. The molecule has 0 saturated carbocycles. The third kappa shape index (κ3) is 4.41. The maximum Gasteiger partial charge on any atom is 0.227 e. The number of benzene rings is 2. The second-order valence-electron chi connectivity index (χ2n) is 9.69. The molecule has 0 saturated heterocycles. The standard InChI is InChI=1S/C28H34N2O4/c1-6-7-12-25(32)30-21-11-9-8-10-18(21)15-20-26(22(31)17-28(2,3)29-20)27(30)19-13-14-23(33-4)24(16-19)34-5/h8-11,13-14,16,27,29H,6-7,12,15,17H2,1-5H3. The number of carbonyl (C=O) groups excluding carboxylic acids is 2. The lowest BCUT2D eigenvalue weighted by molar-refractivity contribution is -0.119. The molecule has 6 nitrogen and oxygen atoms in total. The molecule has 0 radical (unpaired) electrons. The summed E-state index contributed by atoms with van der Waals surface area (Å²) in [6, 6.07) is 13.1. The van der Waals surface area contributed by atoms with Crippen LogP contribution in [0.15, 0.2) is 53.7 Å². The number of rotatable bonds is 6. The van der Waals surface area contributed by atoms with Gasteiger partial charge in [0.05, 0.1) is 20.3 Å². The molecule has 1 unspecified atom stereocenters. The zero-order valence-corrected chi connectivity index (χ0v) is 20.7. The topological polar surface area (TPSA) is 67.9 Å². The van der Waals surface area contributed by atoms with Crippen molar-refractivity contribution in [2.45, 2.75) is 64.5 Å². The Morgan fingerprint density at radius 1 is 1.12 bits per heavy atom. The Kier molecular flexibility index (Phi) is 6.69. The number of allylic oxidation sites excluding steroid dienone is 1. The number of nitrogens with zero attached hydrogens (tertiary/aromatic N) is 1. The van der Waals surface area contributed by atoms with Gasteiger partial charge >= 0.3 is 0 Å². The highest BCUT2D eigenvalue weighted by atomic mass is 16.5. The van der Waals surface area contributed by atoms with Gasteiger partial charge in [-0.2, -0.15) is 0 Å². The maximum absolute atomic E-state index is 13.8. The van der Waals surface area contributed by atoms with Crippen LogP contribution < -0.4 is 19.7 Å². The molecule has 180 valence electrons. The molecule has 2 aromatic carbocycles. The van der Waals surface area contributed by atoms with E-state index in [9.17, 15) is 9.59 Å². The van der Waals surface area contributed by atoms with E-state index in [1.54, 1.807) is 14.2 Å². The van der Waals surface area contributed by atoms with Crippen LogP contribution in [0.3, 0.4) is 0 Å². The van der Waals surface area contributed by atoms with Gasteiger partial charge in [0.1, 0.15) is 0 Å². The fourth-order valence-electron chi connectivity index (χ4n) is 5.06. The minimum atomic E-state index is -0.557. The van der Waals surface area contributed by atoms with E-state index in [4.69, 9.17) is 9.47 Å². The zero-order valence-electron chi connectivity index (χ0n) is 20.7. The lowest BCUT2D eigenvalue weighted by Gasteiger charge is -2.39. The summed E-state index contributed by atoms with van der Waals surface area (Å²) < 4.78 is 11.0. The molecular weight excluding hydrogens is 428 g/mol. The molecule has 1 N–H and O–H groups in total. The van der Waals surface area contributed by atoms with E-state index in [2.05, 4.69) is 12.2 Å². The summed E-state index contributed by atoms with van der Waals surface area (Å²) in [5.41, 5.74) is 3.90. The first-order valence-corrected chi connectivity index (χ1v) is 12.0. The van der Waals surface area contributed by atoms with E-state index < -0.39 is 6.04 Å². The molecule has 0 spiro atoms. The van der Waals surface area contributed by atoms with Crippen molar-refractivity contribution in [1.29, 1.82) is 0 Å². The Labute approximate surface area is 201 Å². The molecule has 2 heterocycles. The monoisotopic (exact) mass is 462 g/mol. The Balaban J connectivity index is 1.98. The number of anilines is 1. The van der Waals surface area contributed by atoms with Gasteiger partial charge in [0, 0.05) is 41.8 Å². The number of hydrogen-bond acceptors (Lipinski definition) is 5. The van der Waals surface area contributed by atoms with Gasteiger partial charge in [-0.1, -0.05) is 37.6 Å². The van der Waals surface area contributed by atoms with Gasteiger partial charge in [-0.25, -0.2) is 0 Å². The largest absolute Gasteiger partial charge is 0.493 e. The first-order chi connectivity index (χ1) is 16.3. The summed E-state index contributed by atoms with van der Waals surface area (Å²) in [6.07, 6.45) is 3.07. The van der Waals surface area contributed by atoms with Crippen LogP contribution in [0.5, 0.6) is 11.5 Å². The van der Waals surface area contributed by atoms with Gasteiger partial charge in [-0.15, -0.1) is 0 Å². The van der Waals surface area contributed by atoms with Gasteiger partial charge < -0.3 is 19.7 Å². The van der Waals surface area contributed by atoms with Crippen molar-refractivity contribution in [2.24, 2.45) is 0 Å². The summed E-state index contributed by atoms with van der Waals surface area (Å²) in [5, 5.41) is 3.62. The minimum absolute atomic E-state index is 0.0143. The van der Waals surface area contributed by atoms with E-state index in [-0.39, 0.29) is 17.2 Å². The molecule has 0 bridgehead atoms. The second-order valence-corrected chi connectivity index (χ2v) is 9.69. The molecule has 6 heteroatoms. The number of carbonyl (C=O) groups is 2. The molecule has 34 heavy (non-hydrogen) atoms. The molecule has 4 rings (SSSR count). The van der Waals surface area contributed by atoms with Gasteiger partial charge in [0.15, 0.2) is 17.3 Å². The van der Waals surface area contributed by atoms with Crippen molar-refractivity contribution < 1.29 is 19.1 Å². The van der Waals surface area contributed by atoms with Gasteiger partial charge in [-0.3, -0.25) is 9.59 Å². The van der Waals surface area contributed by atoms with Crippen LogP contribution >= 0.6 is 0 Å². The van der Waals surface area contributed by atoms with E-state index in [1.807, 2.05) is 61.2 Å². The van der Waals surface area contributed by atoms with Crippen LogP contribution in [0.1, 0.15) is 63.6 Å².